The Morgan fingerprint density at radius 1 is 0.808 bits per heavy atom. The Hall–Kier alpha value is -2.38. The number of rotatable bonds is 4. The molecule has 0 bridgehead atoms. The number of halogens is 3. The van der Waals surface area contributed by atoms with Crippen LogP contribution in [0.3, 0.4) is 0 Å². The molecule has 7 heteroatoms. The van der Waals surface area contributed by atoms with Crippen LogP contribution in [-0.4, -0.2) is 21.3 Å². The van der Waals surface area contributed by atoms with E-state index in [1.807, 2.05) is 0 Å². The lowest BCUT2D eigenvalue weighted by atomic mass is 9.83. The standard InChI is InChI=1S/C19H15F3N2OS/c1-26-17-23-15(12-16(24-17)19(20,21)22)18(25,13-8-4-2-5-9-13)14-10-6-3-7-11-14/h2-12,25H,1H3. The second-order valence-electron chi connectivity index (χ2n) is 5.57. The maximum atomic E-state index is 13.3. The van der Waals surface area contributed by atoms with E-state index in [2.05, 4.69) is 9.97 Å². The maximum absolute atomic E-state index is 13.3. The number of nitrogens with zero attached hydrogens (tertiary/aromatic N) is 2. The lowest BCUT2D eigenvalue weighted by Gasteiger charge is -2.29. The van der Waals surface area contributed by atoms with E-state index in [0.29, 0.717) is 11.1 Å². The van der Waals surface area contributed by atoms with Crippen molar-refractivity contribution < 1.29 is 18.3 Å². The zero-order chi connectivity index (χ0) is 18.8. The molecule has 0 aliphatic rings. The lowest BCUT2D eigenvalue weighted by molar-refractivity contribution is -0.141. The number of alkyl halides is 3. The molecule has 26 heavy (non-hydrogen) atoms. The third-order valence-electron chi connectivity index (χ3n) is 3.93. The number of aliphatic hydroxyl groups is 1. The molecule has 0 aliphatic carbocycles. The highest BCUT2D eigenvalue weighted by molar-refractivity contribution is 7.98. The van der Waals surface area contributed by atoms with Gasteiger partial charge in [-0.15, -0.1) is 0 Å². The van der Waals surface area contributed by atoms with E-state index in [-0.39, 0.29) is 10.9 Å². The number of aromatic nitrogens is 2. The Balaban J connectivity index is 2.30. The van der Waals surface area contributed by atoms with Crippen LogP contribution in [0, 0.1) is 0 Å². The predicted molar refractivity (Wildman–Crippen MR) is 93.8 cm³/mol. The largest absolute Gasteiger partial charge is 0.433 e. The molecule has 3 nitrogen and oxygen atoms in total. The van der Waals surface area contributed by atoms with E-state index in [1.54, 1.807) is 66.9 Å². The molecular weight excluding hydrogens is 361 g/mol. The number of thioether (sulfide) groups is 1. The van der Waals surface area contributed by atoms with Crippen LogP contribution in [0.5, 0.6) is 0 Å². The molecule has 0 unspecified atom stereocenters. The van der Waals surface area contributed by atoms with Crippen molar-refractivity contribution in [2.75, 3.05) is 6.26 Å². The quantitative estimate of drug-likeness (QED) is 0.538. The lowest BCUT2D eigenvalue weighted by Crippen LogP contribution is -2.31. The highest BCUT2D eigenvalue weighted by Gasteiger charge is 2.40. The maximum Gasteiger partial charge on any atom is 0.433 e. The van der Waals surface area contributed by atoms with Gasteiger partial charge in [-0.25, -0.2) is 9.97 Å². The van der Waals surface area contributed by atoms with Crippen molar-refractivity contribution in [3.63, 3.8) is 0 Å². The summed E-state index contributed by atoms with van der Waals surface area (Å²) in [6, 6.07) is 17.8. The fourth-order valence-corrected chi connectivity index (χ4v) is 3.05. The Morgan fingerprint density at radius 2 is 1.27 bits per heavy atom. The minimum Gasteiger partial charge on any atom is -0.374 e. The summed E-state index contributed by atoms with van der Waals surface area (Å²) in [5.74, 6) is 0. The molecule has 134 valence electrons. The fourth-order valence-electron chi connectivity index (χ4n) is 2.67. The van der Waals surface area contributed by atoms with Crippen molar-refractivity contribution in [1.82, 2.24) is 9.97 Å². The minimum absolute atomic E-state index is 0.0555. The van der Waals surface area contributed by atoms with Crippen molar-refractivity contribution in [1.29, 1.82) is 0 Å². The molecule has 2 aromatic carbocycles. The second-order valence-corrected chi connectivity index (χ2v) is 6.34. The number of hydrogen-bond acceptors (Lipinski definition) is 4. The highest BCUT2D eigenvalue weighted by atomic mass is 32.2. The zero-order valence-corrected chi connectivity index (χ0v) is 14.6. The van der Waals surface area contributed by atoms with E-state index in [1.165, 1.54) is 0 Å². The van der Waals surface area contributed by atoms with Crippen molar-refractivity contribution in [3.8, 4) is 0 Å². The second kappa shape index (κ2) is 7.09. The summed E-state index contributed by atoms with van der Waals surface area (Å²) in [4.78, 5) is 7.73. The molecule has 0 radical (unpaired) electrons. The molecule has 3 rings (SSSR count). The summed E-state index contributed by atoms with van der Waals surface area (Å²) in [7, 11) is 0. The van der Waals surface area contributed by atoms with Crippen molar-refractivity contribution >= 4 is 11.8 Å². The first-order valence-electron chi connectivity index (χ1n) is 7.70. The smallest absolute Gasteiger partial charge is 0.374 e. The Kier molecular flexibility index (Phi) is 5.02. The molecular formula is C19H15F3N2OS. The van der Waals surface area contributed by atoms with Crippen LogP contribution < -0.4 is 0 Å². The fraction of sp³-hybridized carbons (Fsp3) is 0.158. The van der Waals surface area contributed by atoms with E-state index < -0.39 is 17.5 Å². The van der Waals surface area contributed by atoms with E-state index >= 15 is 0 Å². The van der Waals surface area contributed by atoms with E-state index in [0.717, 1.165) is 17.8 Å². The van der Waals surface area contributed by atoms with E-state index in [4.69, 9.17) is 0 Å². The molecule has 0 fully saturated rings. The summed E-state index contributed by atoms with van der Waals surface area (Å²) in [5.41, 5.74) is -2.20. The average molecular weight is 376 g/mol. The first-order valence-corrected chi connectivity index (χ1v) is 8.92. The van der Waals surface area contributed by atoms with Gasteiger partial charge in [0.15, 0.2) is 10.8 Å². The van der Waals surface area contributed by atoms with Crippen LogP contribution in [-0.2, 0) is 11.8 Å². The number of benzene rings is 2. The average Bonchev–Trinajstić information content (AvgIpc) is 2.67. The molecule has 0 atom stereocenters. The molecule has 1 aromatic heterocycles. The molecule has 3 aromatic rings. The van der Waals surface area contributed by atoms with Crippen LogP contribution in [0.25, 0.3) is 0 Å². The van der Waals surface area contributed by atoms with Crippen LogP contribution in [0.1, 0.15) is 22.5 Å². The summed E-state index contributed by atoms with van der Waals surface area (Å²) in [6.07, 6.45) is -3.06. The summed E-state index contributed by atoms with van der Waals surface area (Å²) in [6.45, 7) is 0. The van der Waals surface area contributed by atoms with Gasteiger partial charge in [0.2, 0.25) is 0 Å². The van der Waals surface area contributed by atoms with Crippen LogP contribution in [0.15, 0.2) is 71.9 Å². The summed E-state index contributed by atoms with van der Waals surface area (Å²) < 4.78 is 39.9. The molecule has 0 saturated carbocycles. The van der Waals surface area contributed by atoms with Gasteiger partial charge in [0.25, 0.3) is 0 Å². The van der Waals surface area contributed by atoms with Gasteiger partial charge >= 0.3 is 6.18 Å². The monoisotopic (exact) mass is 376 g/mol. The van der Waals surface area contributed by atoms with Crippen LogP contribution >= 0.6 is 11.8 Å². The predicted octanol–water partition coefficient (Wildman–Crippen LogP) is 4.50. The van der Waals surface area contributed by atoms with Crippen molar-refractivity contribution in [2.24, 2.45) is 0 Å². The normalized spacial score (nSPS) is 12.2. The number of hydrogen-bond donors (Lipinski definition) is 1. The van der Waals surface area contributed by atoms with Gasteiger partial charge in [0.1, 0.15) is 5.69 Å². The molecule has 0 saturated heterocycles. The molecule has 1 N–H and O–H groups in total. The molecule has 0 aliphatic heterocycles. The SMILES string of the molecule is CSc1nc(C(F)(F)F)cc(C(O)(c2ccccc2)c2ccccc2)n1. The van der Waals surface area contributed by atoms with Gasteiger partial charge in [-0.05, 0) is 23.4 Å². The molecule has 0 amide bonds. The third kappa shape index (κ3) is 3.45. The van der Waals surface area contributed by atoms with Gasteiger partial charge in [0, 0.05) is 0 Å². The summed E-state index contributed by atoms with van der Waals surface area (Å²) in [5, 5.41) is 11.5. The Labute approximate surface area is 152 Å². The Bertz CT molecular complexity index is 847. The van der Waals surface area contributed by atoms with E-state index in [9.17, 15) is 18.3 Å². The van der Waals surface area contributed by atoms with Crippen molar-refractivity contribution in [3.05, 3.63) is 89.2 Å². The van der Waals surface area contributed by atoms with Gasteiger partial charge in [0.05, 0.1) is 5.69 Å². The topological polar surface area (TPSA) is 46.0 Å². The van der Waals surface area contributed by atoms with Crippen LogP contribution in [0.4, 0.5) is 13.2 Å². The van der Waals surface area contributed by atoms with Gasteiger partial charge in [-0.3, -0.25) is 0 Å². The van der Waals surface area contributed by atoms with Crippen LogP contribution in [0.2, 0.25) is 0 Å². The first kappa shape index (κ1) is 18.4. The zero-order valence-electron chi connectivity index (χ0n) is 13.7. The summed E-state index contributed by atoms with van der Waals surface area (Å²) >= 11 is 0.986. The minimum atomic E-state index is -4.64. The van der Waals surface area contributed by atoms with Crippen molar-refractivity contribution in [2.45, 2.75) is 16.9 Å². The van der Waals surface area contributed by atoms with Gasteiger partial charge in [-0.1, -0.05) is 72.4 Å². The third-order valence-corrected chi connectivity index (χ3v) is 4.48. The Morgan fingerprint density at radius 3 is 1.69 bits per heavy atom. The highest BCUT2D eigenvalue weighted by Crippen LogP contribution is 2.38. The van der Waals surface area contributed by atoms with Gasteiger partial charge in [-0.2, -0.15) is 13.2 Å². The molecule has 0 spiro atoms. The van der Waals surface area contributed by atoms with Gasteiger partial charge < -0.3 is 5.11 Å². The first-order chi connectivity index (χ1) is 12.4. The molecule has 1 heterocycles.